The van der Waals surface area contributed by atoms with Crippen LogP contribution in [0.15, 0.2) is 42.5 Å². The SMILES string of the molecule is O=C(COc1ccc(Cl)c(Cl)c1)NC12CC(OC(=O)NCCc3cccc(Cl)c3)(C1)C2. The van der Waals surface area contributed by atoms with E-state index >= 15 is 0 Å². The molecule has 31 heavy (non-hydrogen) atoms. The fourth-order valence-corrected chi connectivity index (χ4v) is 4.72. The number of benzene rings is 2. The molecule has 6 nitrogen and oxygen atoms in total. The zero-order chi connectivity index (χ0) is 22.1. The Morgan fingerprint density at radius 2 is 1.77 bits per heavy atom. The number of rotatable bonds is 8. The lowest BCUT2D eigenvalue weighted by Gasteiger charge is -2.68. The summed E-state index contributed by atoms with van der Waals surface area (Å²) in [5.74, 6) is 0.238. The number of nitrogens with one attached hydrogen (secondary N) is 2. The van der Waals surface area contributed by atoms with E-state index < -0.39 is 11.7 Å². The van der Waals surface area contributed by atoms with E-state index in [-0.39, 0.29) is 18.1 Å². The highest BCUT2D eigenvalue weighted by atomic mass is 35.5. The van der Waals surface area contributed by atoms with Crippen molar-refractivity contribution in [2.45, 2.75) is 36.8 Å². The molecule has 3 aliphatic carbocycles. The van der Waals surface area contributed by atoms with E-state index in [9.17, 15) is 9.59 Å². The maximum Gasteiger partial charge on any atom is 0.407 e. The quantitative estimate of drug-likeness (QED) is 0.566. The Bertz CT molecular complexity index is 994. The highest BCUT2D eigenvalue weighted by Gasteiger charge is 2.71. The molecule has 2 amide bonds. The summed E-state index contributed by atoms with van der Waals surface area (Å²) < 4.78 is 11.0. The van der Waals surface area contributed by atoms with Crippen molar-refractivity contribution in [3.63, 3.8) is 0 Å². The van der Waals surface area contributed by atoms with Gasteiger partial charge < -0.3 is 20.1 Å². The van der Waals surface area contributed by atoms with E-state index in [0.717, 1.165) is 5.56 Å². The van der Waals surface area contributed by atoms with Gasteiger partial charge in [-0.15, -0.1) is 0 Å². The lowest BCUT2D eigenvalue weighted by Crippen LogP contribution is -2.80. The van der Waals surface area contributed by atoms with Crippen LogP contribution in [0.5, 0.6) is 5.75 Å². The summed E-state index contributed by atoms with van der Waals surface area (Å²) in [4.78, 5) is 24.3. The third kappa shape index (κ3) is 5.20. The molecule has 0 spiro atoms. The lowest BCUT2D eigenvalue weighted by atomic mass is 9.46. The van der Waals surface area contributed by atoms with Gasteiger partial charge in [0.1, 0.15) is 11.4 Å². The first-order chi connectivity index (χ1) is 14.8. The van der Waals surface area contributed by atoms with E-state index in [2.05, 4.69) is 10.6 Å². The summed E-state index contributed by atoms with van der Waals surface area (Å²) in [5.41, 5.74) is 0.264. The molecule has 0 atom stereocenters. The monoisotopic (exact) mass is 482 g/mol. The molecule has 0 aliphatic heterocycles. The molecule has 0 heterocycles. The van der Waals surface area contributed by atoms with E-state index in [1.54, 1.807) is 18.2 Å². The molecule has 3 aliphatic rings. The third-order valence-electron chi connectivity index (χ3n) is 5.53. The minimum absolute atomic E-state index is 0.127. The maximum atomic E-state index is 12.2. The highest BCUT2D eigenvalue weighted by Crippen LogP contribution is 2.62. The fourth-order valence-electron chi connectivity index (χ4n) is 4.22. The molecule has 2 aromatic carbocycles. The van der Waals surface area contributed by atoms with Crippen molar-refractivity contribution in [1.82, 2.24) is 10.6 Å². The Kier molecular flexibility index (Phi) is 6.24. The van der Waals surface area contributed by atoms with Gasteiger partial charge in [0.15, 0.2) is 6.61 Å². The van der Waals surface area contributed by atoms with Gasteiger partial charge in [-0.3, -0.25) is 4.79 Å². The van der Waals surface area contributed by atoms with Crippen LogP contribution < -0.4 is 15.4 Å². The van der Waals surface area contributed by atoms with E-state index in [0.29, 0.717) is 53.0 Å². The summed E-state index contributed by atoms with van der Waals surface area (Å²) in [7, 11) is 0. The van der Waals surface area contributed by atoms with Crippen LogP contribution in [0.1, 0.15) is 24.8 Å². The maximum absolute atomic E-state index is 12.2. The predicted molar refractivity (Wildman–Crippen MR) is 119 cm³/mol. The average molecular weight is 484 g/mol. The van der Waals surface area contributed by atoms with Crippen LogP contribution in [0.3, 0.4) is 0 Å². The van der Waals surface area contributed by atoms with Crippen LogP contribution in [0.4, 0.5) is 4.79 Å². The summed E-state index contributed by atoms with van der Waals surface area (Å²) in [6, 6.07) is 12.3. The van der Waals surface area contributed by atoms with Gasteiger partial charge in [-0.25, -0.2) is 4.79 Å². The van der Waals surface area contributed by atoms with Gasteiger partial charge in [0.05, 0.1) is 15.6 Å². The Morgan fingerprint density at radius 1 is 1.00 bits per heavy atom. The van der Waals surface area contributed by atoms with Gasteiger partial charge in [-0.2, -0.15) is 0 Å². The van der Waals surface area contributed by atoms with Crippen LogP contribution in [0.25, 0.3) is 0 Å². The molecule has 0 aromatic heterocycles. The van der Waals surface area contributed by atoms with Gasteiger partial charge in [-0.1, -0.05) is 46.9 Å². The molecule has 2 N–H and O–H groups in total. The van der Waals surface area contributed by atoms with Crippen LogP contribution in [0, 0.1) is 0 Å². The Balaban J connectivity index is 1.14. The van der Waals surface area contributed by atoms with Crippen LogP contribution in [-0.2, 0) is 16.0 Å². The highest BCUT2D eigenvalue weighted by molar-refractivity contribution is 6.42. The summed E-state index contributed by atoms with van der Waals surface area (Å²) in [6.45, 7) is 0.334. The van der Waals surface area contributed by atoms with Gasteiger partial charge in [0.2, 0.25) is 0 Å². The normalized spacial score (nSPS) is 23.2. The van der Waals surface area contributed by atoms with Gasteiger partial charge >= 0.3 is 6.09 Å². The topological polar surface area (TPSA) is 76.7 Å². The Hall–Kier alpha value is -2.15. The molecule has 3 saturated carbocycles. The number of halogens is 3. The number of hydrogen-bond acceptors (Lipinski definition) is 4. The third-order valence-corrected chi connectivity index (χ3v) is 6.50. The van der Waals surface area contributed by atoms with Crippen molar-refractivity contribution in [2.24, 2.45) is 0 Å². The van der Waals surface area contributed by atoms with E-state index in [1.807, 2.05) is 24.3 Å². The number of amides is 2. The molecular formula is C22H21Cl3N2O4. The predicted octanol–water partition coefficient (Wildman–Crippen LogP) is 4.79. The first-order valence-corrected chi connectivity index (χ1v) is 11.0. The van der Waals surface area contributed by atoms with Crippen molar-refractivity contribution in [2.75, 3.05) is 13.2 Å². The van der Waals surface area contributed by atoms with Crippen molar-refractivity contribution in [1.29, 1.82) is 0 Å². The fraction of sp³-hybridized carbons (Fsp3) is 0.364. The number of carbonyl (C=O) groups excluding carboxylic acids is 2. The second-order valence-corrected chi connectivity index (χ2v) is 9.35. The molecule has 0 unspecified atom stereocenters. The molecule has 9 heteroatoms. The number of ether oxygens (including phenoxy) is 2. The van der Waals surface area contributed by atoms with Gasteiger partial charge in [0.25, 0.3) is 5.91 Å². The second-order valence-electron chi connectivity index (χ2n) is 8.10. The standard InChI is InChI=1S/C22H21Cl3N2O4/c23-15-3-1-2-14(8-15)6-7-26-20(29)31-22-11-21(12-22,13-22)27-19(28)10-30-16-4-5-17(24)18(25)9-16/h1-5,8-9H,6-7,10-13H2,(H,26,29)(H,27,28). The molecule has 2 bridgehead atoms. The summed E-state index contributed by atoms with van der Waals surface area (Å²) >= 11 is 17.8. The summed E-state index contributed by atoms with van der Waals surface area (Å²) in [6.07, 6.45) is 2.06. The average Bonchev–Trinajstić information content (AvgIpc) is 2.66. The van der Waals surface area contributed by atoms with Gasteiger partial charge in [-0.05, 0) is 36.2 Å². The number of carbonyl (C=O) groups is 2. The lowest BCUT2D eigenvalue weighted by molar-refractivity contribution is -0.219. The van der Waals surface area contributed by atoms with Crippen molar-refractivity contribution in [3.05, 3.63) is 63.1 Å². The molecule has 5 rings (SSSR count). The minimum atomic E-state index is -0.474. The first kappa shape index (κ1) is 22.1. The van der Waals surface area contributed by atoms with Crippen molar-refractivity contribution >= 4 is 46.8 Å². The molecule has 3 fully saturated rings. The smallest absolute Gasteiger partial charge is 0.407 e. The Labute approximate surface area is 195 Å². The van der Waals surface area contributed by atoms with Crippen molar-refractivity contribution in [3.8, 4) is 5.75 Å². The zero-order valence-corrected chi connectivity index (χ0v) is 18.8. The minimum Gasteiger partial charge on any atom is -0.484 e. The zero-order valence-electron chi connectivity index (χ0n) is 16.6. The second kappa shape index (κ2) is 8.77. The number of alkyl carbamates (subject to hydrolysis) is 1. The van der Waals surface area contributed by atoms with E-state index in [4.69, 9.17) is 44.3 Å². The molecular weight excluding hydrogens is 463 g/mol. The number of hydrogen-bond donors (Lipinski definition) is 2. The first-order valence-electron chi connectivity index (χ1n) is 9.87. The Morgan fingerprint density at radius 3 is 2.48 bits per heavy atom. The summed E-state index contributed by atoms with van der Waals surface area (Å²) in [5, 5.41) is 7.20. The van der Waals surface area contributed by atoms with Crippen LogP contribution in [0.2, 0.25) is 15.1 Å². The van der Waals surface area contributed by atoms with Crippen LogP contribution >= 0.6 is 34.8 Å². The molecule has 0 radical (unpaired) electrons. The van der Waals surface area contributed by atoms with Crippen molar-refractivity contribution < 1.29 is 19.1 Å². The van der Waals surface area contributed by atoms with Crippen LogP contribution in [-0.4, -0.2) is 36.3 Å². The molecule has 2 aromatic rings. The van der Waals surface area contributed by atoms with Gasteiger partial charge in [0, 0.05) is 36.9 Å². The largest absolute Gasteiger partial charge is 0.484 e. The molecule has 164 valence electrons. The molecule has 0 saturated heterocycles. The van der Waals surface area contributed by atoms with E-state index in [1.165, 1.54) is 0 Å².